The maximum atomic E-state index is 14.8. The van der Waals surface area contributed by atoms with E-state index in [9.17, 15) is 28.0 Å². The minimum Gasteiger partial charge on any atom is -0.358 e. The molecule has 174 valence electrons. The second-order valence-corrected chi connectivity index (χ2v) is 9.02. The molecule has 4 amide bonds. The lowest BCUT2D eigenvalue weighted by Gasteiger charge is -2.33. The Morgan fingerprint density at radius 3 is 2.39 bits per heavy atom. The average Bonchev–Trinajstić information content (AvgIpc) is 3.14. The highest BCUT2D eigenvalue weighted by Gasteiger charge is 2.44. The van der Waals surface area contributed by atoms with E-state index in [-0.39, 0.29) is 52.0 Å². The summed E-state index contributed by atoms with van der Waals surface area (Å²) in [5.74, 6) is -7.54. The molecule has 2 aliphatic rings. The Kier molecular flexibility index (Phi) is 6.58. The van der Waals surface area contributed by atoms with Crippen LogP contribution in [0, 0.1) is 0 Å². The summed E-state index contributed by atoms with van der Waals surface area (Å²) in [6.07, 6.45) is 0.139. The molecule has 14 heteroatoms. The summed E-state index contributed by atoms with van der Waals surface area (Å²) >= 11 is 5.72. The number of piperidine rings is 1. The molecule has 0 saturated carbocycles. The van der Waals surface area contributed by atoms with Gasteiger partial charge in [0.05, 0.1) is 15.7 Å². The number of carbonyl (C=O) groups is 4. The highest BCUT2D eigenvalue weighted by Crippen LogP contribution is 2.31. The summed E-state index contributed by atoms with van der Waals surface area (Å²) < 4.78 is 29.5. The summed E-state index contributed by atoms with van der Waals surface area (Å²) in [5.41, 5.74) is -0.993. The Labute approximate surface area is 215 Å². The van der Waals surface area contributed by atoms with Crippen molar-refractivity contribution in [2.75, 3.05) is 0 Å². The standard InChI is InChI=1S/C22H14B4ClF2N3O4/c23-13-7-12(22(25,26)31-20(36)21(28,29)9-1-3-10(27)4-2-9)17(24)11-8-32(19(35)16(11)13)14-5-6-15(33)30-18(14)34/h1-4,7,14H,5-6,8H2,(H,31,36)(H,30,33,34). The number of nitrogens with one attached hydrogen (secondary N) is 2. The van der Waals surface area contributed by atoms with E-state index >= 15 is 0 Å². The number of hydrogen-bond donors (Lipinski definition) is 2. The fourth-order valence-electron chi connectivity index (χ4n) is 4.28. The number of alkyl halides is 2. The Morgan fingerprint density at radius 1 is 1.14 bits per heavy atom. The zero-order valence-corrected chi connectivity index (χ0v) is 19.4. The van der Waals surface area contributed by atoms with Crippen molar-refractivity contribution in [2.45, 2.75) is 36.7 Å². The fourth-order valence-corrected chi connectivity index (χ4v) is 4.40. The van der Waals surface area contributed by atoms with Crippen LogP contribution in [0.15, 0.2) is 30.3 Å². The molecule has 1 saturated heterocycles. The molecule has 0 aliphatic carbocycles. The third-order valence-corrected chi connectivity index (χ3v) is 6.41. The maximum absolute atomic E-state index is 14.8. The van der Waals surface area contributed by atoms with E-state index in [4.69, 9.17) is 43.0 Å². The van der Waals surface area contributed by atoms with Crippen molar-refractivity contribution < 1.29 is 28.0 Å². The zero-order valence-electron chi connectivity index (χ0n) is 18.6. The van der Waals surface area contributed by atoms with Gasteiger partial charge in [-0.2, -0.15) is 8.78 Å². The third-order valence-electron chi connectivity index (χ3n) is 6.15. The lowest BCUT2D eigenvalue weighted by molar-refractivity contribution is -0.147. The fraction of sp³-hybridized carbons (Fsp3) is 0.273. The van der Waals surface area contributed by atoms with E-state index in [1.807, 2.05) is 5.32 Å². The highest BCUT2D eigenvalue weighted by molar-refractivity contribution is 6.46. The van der Waals surface area contributed by atoms with Gasteiger partial charge >= 0.3 is 5.92 Å². The van der Waals surface area contributed by atoms with Gasteiger partial charge in [-0.05, 0) is 35.0 Å². The average molecular weight is 501 g/mol. The summed E-state index contributed by atoms with van der Waals surface area (Å²) in [5, 5.41) is 1.84. The summed E-state index contributed by atoms with van der Waals surface area (Å²) in [4.78, 5) is 50.5. The first-order chi connectivity index (χ1) is 16.7. The van der Waals surface area contributed by atoms with Gasteiger partial charge in [-0.1, -0.05) is 40.7 Å². The number of amides is 4. The van der Waals surface area contributed by atoms with Crippen LogP contribution in [-0.2, 0) is 32.2 Å². The quantitative estimate of drug-likeness (QED) is 0.408. The van der Waals surface area contributed by atoms with Crippen molar-refractivity contribution in [1.29, 1.82) is 0 Å². The molecule has 0 bridgehead atoms. The topological polar surface area (TPSA) is 95.6 Å². The van der Waals surface area contributed by atoms with Gasteiger partial charge in [0.25, 0.3) is 11.8 Å². The Morgan fingerprint density at radius 2 is 1.78 bits per heavy atom. The lowest BCUT2D eigenvalue weighted by atomic mass is 9.54. The van der Waals surface area contributed by atoms with Crippen LogP contribution in [0.4, 0.5) is 8.78 Å². The minimum atomic E-state index is -4.02. The largest absolute Gasteiger partial charge is 0.358 e. The molecule has 2 heterocycles. The number of nitrogens with zero attached hydrogens (tertiary/aromatic N) is 1. The van der Waals surface area contributed by atoms with E-state index in [1.165, 1.54) is 17.0 Å². The maximum Gasteiger partial charge on any atom is 0.349 e. The van der Waals surface area contributed by atoms with Crippen LogP contribution in [0.3, 0.4) is 0 Å². The second kappa shape index (κ2) is 9.10. The molecule has 2 aromatic carbocycles. The van der Waals surface area contributed by atoms with E-state index in [2.05, 4.69) is 5.32 Å². The zero-order chi connectivity index (χ0) is 26.6. The number of rotatable bonds is 5. The van der Waals surface area contributed by atoms with Crippen molar-refractivity contribution in [3.63, 3.8) is 0 Å². The Balaban J connectivity index is 1.63. The van der Waals surface area contributed by atoms with Gasteiger partial charge in [-0.25, -0.2) is 0 Å². The molecule has 2 N–H and O–H groups in total. The van der Waals surface area contributed by atoms with E-state index in [0.717, 1.165) is 18.2 Å². The van der Waals surface area contributed by atoms with Gasteiger partial charge in [0.15, 0.2) is 0 Å². The molecular weight excluding hydrogens is 487 g/mol. The predicted molar refractivity (Wildman–Crippen MR) is 130 cm³/mol. The third kappa shape index (κ3) is 4.45. The first-order valence-electron chi connectivity index (χ1n) is 10.6. The van der Waals surface area contributed by atoms with Gasteiger partial charge in [-0.3, -0.25) is 24.5 Å². The van der Waals surface area contributed by atoms with Crippen LogP contribution in [0.25, 0.3) is 0 Å². The predicted octanol–water partition coefficient (Wildman–Crippen LogP) is -0.956. The van der Waals surface area contributed by atoms with E-state index in [1.54, 1.807) is 0 Å². The second-order valence-electron chi connectivity index (χ2n) is 8.58. The van der Waals surface area contributed by atoms with Crippen molar-refractivity contribution in [2.24, 2.45) is 0 Å². The Hall–Kier alpha value is -3.07. The van der Waals surface area contributed by atoms with Gasteiger partial charge < -0.3 is 10.2 Å². The Bertz CT molecular complexity index is 1310. The molecule has 2 aliphatic heterocycles. The SMILES string of the molecule is [B]c1cc(C([B])([B])NC(=O)C(F)(F)c2ccc(Cl)cc2)c([B])c2c1C(=O)N(C1CCC(=O)NC1=O)C2. The number of hydrogen-bond acceptors (Lipinski definition) is 4. The van der Waals surface area contributed by atoms with Crippen LogP contribution in [0.1, 0.15) is 39.9 Å². The van der Waals surface area contributed by atoms with Crippen LogP contribution in [0.5, 0.6) is 0 Å². The lowest BCUT2D eigenvalue weighted by Crippen LogP contribution is -2.54. The molecule has 1 unspecified atom stereocenters. The summed E-state index contributed by atoms with van der Waals surface area (Å²) in [6.45, 7) is -0.171. The minimum absolute atomic E-state index is 0.00503. The van der Waals surface area contributed by atoms with Gasteiger partial charge in [0.1, 0.15) is 21.7 Å². The molecule has 1 fully saturated rings. The van der Waals surface area contributed by atoms with Gasteiger partial charge in [0, 0.05) is 29.1 Å². The van der Waals surface area contributed by atoms with Gasteiger partial charge in [0.2, 0.25) is 11.8 Å². The first-order valence-corrected chi connectivity index (χ1v) is 11.0. The molecule has 7 nitrogen and oxygen atoms in total. The number of carbonyl (C=O) groups excluding carboxylic acids is 4. The highest BCUT2D eigenvalue weighted by atomic mass is 35.5. The van der Waals surface area contributed by atoms with Crippen molar-refractivity contribution in [1.82, 2.24) is 15.5 Å². The first kappa shape index (κ1) is 26.0. The normalized spacial score (nSPS) is 18.1. The molecule has 36 heavy (non-hydrogen) atoms. The van der Waals surface area contributed by atoms with Crippen LogP contribution in [-0.4, -0.2) is 66.0 Å². The van der Waals surface area contributed by atoms with Crippen molar-refractivity contribution in [3.05, 3.63) is 57.6 Å². The molecule has 0 spiro atoms. The van der Waals surface area contributed by atoms with Crippen LogP contribution >= 0.6 is 11.6 Å². The van der Waals surface area contributed by atoms with Crippen molar-refractivity contribution in [3.8, 4) is 0 Å². The number of imide groups is 1. The van der Waals surface area contributed by atoms with Crippen LogP contribution < -0.4 is 21.6 Å². The molecule has 4 rings (SSSR count). The molecule has 0 aromatic heterocycles. The molecule has 8 radical (unpaired) electrons. The molecule has 2 aromatic rings. The number of fused-ring (bicyclic) bond motifs is 1. The summed E-state index contributed by atoms with van der Waals surface area (Å²) in [6, 6.07) is 4.52. The smallest absolute Gasteiger partial charge is 0.349 e. The van der Waals surface area contributed by atoms with Gasteiger partial charge in [-0.15, -0.1) is 0 Å². The number of halogens is 3. The van der Waals surface area contributed by atoms with E-state index < -0.39 is 46.5 Å². The number of benzene rings is 2. The van der Waals surface area contributed by atoms with Crippen LogP contribution in [0.2, 0.25) is 5.02 Å². The molecule has 1 atom stereocenters. The van der Waals surface area contributed by atoms with Crippen molar-refractivity contribution >= 4 is 77.5 Å². The van der Waals surface area contributed by atoms with E-state index in [0.29, 0.717) is 0 Å². The molecular formula is C22H14B4ClF2N3O4. The summed E-state index contributed by atoms with van der Waals surface area (Å²) in [7, 11) is 24.3. The monoisotopic (exact) mass is 501 g/mol.